The lowest BCUT2D eigenvalue weighted by Crippen LogP contribution is -2.45. The first-order valence-corrected chi connectivity index (χ1v) is 7.19. The normalized spacial score (nSPS) is 23.7. The molecule has 0 heterocycles. The highest BCUT2D eigenvalue weighted by molar-refractivity contribution is 9.10. The number of carbonyl (C=O) groups excluding carboxylic acids is 1. The molecule has 1 fully saturated rings. The number of nitrogens with one attached hydrogen (secondary N) is 1. The first kappa shape index (κ1) is 13.8. The molecule has 1 saturated carbocycles. The molecule has 0 saturated heterocycles. The lowest BCUT2D eigenvalue weighted by atomic mass is 9.92. The maximum Gasteiger partial charge on any atom is 0.252 e. The number of aliphatic hydroxyl groups excluding tert-OH is 1. The Kier molecular flexibility index (Phi) is 4.65. The van der Waals surface area contributed by atoms with Gasteiger partial charge in [0.15, 0.2) is 0 Å². The van der Waals surface area contributed by atoms with Crippen molar-refractivity contribution in [2.75, 3.05) is 0 Å². The van der Waals surface area contributed by atoms with Crippen molar-refractivity contribution in [3.05, 3.63) is 33.3 Å². The van der Waals surface area contributed by atoms with E-state index in [1.54, 1.807) is 18.2 Å². The molecule has 1 aromatic carbocycles. The summed E-state index contributed by atoms with van der Waals surface area (Å²) in [4.78, 5) is 12.1. The molecular weight excluding hydrogens is 318 g/mol. The molecule has 0 bridgehead atoms. The van der Waals surface area contributed by atoms with E-state index >= 15 is 0 Å². The van der Waals surface area contributed by atoms with Crippen molar-refractivity contribution < 1.29 is 9.90 Å². The summed E-state index contributed by atoms with van der Waals surface area (Å²) in [6, 6.07) is 4.93. The van der Waals surface area contributed by atoms with Gasteiger partial charge in [-0.15, -0.1) is 0 Å². The van der Waals surface area contributed by atoms with Gasteiger partial charge in [-0.05, 0) is 47.0 Å². The molecule has 2 atom stereocenters. The van der Waals surface area contributed by atoms with Crippen molar-refractivity contribution in [2.45, 2.75) is 37.8 Å². The smallest absolute Gasteiger partial charge is 0.252 e. The van der Waals surface area contributed by atoms with Crippen LogP contribution < -0.4 is 5.32 Å². The van der Waals surface area contributed by atoms with E-state index in [-0.39, 0.29) is 11.9 Å². The Morgan fingerprint density at radius 2 is 2.11 bits per heavy atom. The van der Waals surface area contributed by atoms with Gasteiger partial charge < -0.3 is 10.4 Å². The molecule has 1 aliphatic rings. The summed E-state index contributed by atoms with van der Waals surface area (Å²) in [6.07, 6.45) is 3.19. The van der Waals surface area contributed by atoms with Crippen LogP contribution in [0.4, 0.5) is 0 Å². The predicted octanol–water partition coefficient (Wildman–Crippen LogP) is 3.14. The minimum atomic E-state index is -0.444. The Labute approximate surface area is 120 Å². The average molecular weight is 333 g/mol. The Morgan fingerprint density at radius 1 is 1.39 bits per heavy atom. The van der Waals surface area contributed by atoms with E-state index in [1.165, 1.54) is 0 Å². The van der Waals surface area contributed by atoms with E-state index in [9.17, 15) is 9.90 Å². The second-order valence-corrected chi connectivity index (χ2v) is 5.85. The van der Waals surface area contributed by atoms with Crippen LogP contribution in [0.1, 0.15) is 36.0 Å². The third-order valence-corrected chi connectivity index (χ3v) is 4.15. The number of carbonyl (C=O) groups is 1. The Morgan fingerprint density at radius 3 is 2.83 bits per heavy atom. The van der Waals surface area contributed by atoms with Crippen LogP contribution in [0.2, 0.25) is 5.02 Å². The van der Waals surface area contributed by atoms with E-state index < -0.39 is 6.10 Å². The van der Waals surface area contributed by atoms with Gasteiger partial charge in [0, 0.05) is 9.50 Å². The standard InChI is InChI=1S/C13H15BrClNO2/c14-10-6-5-8(15)7-9(10)13(18)16-11-3-1-2-4-12(11)17/h5-7,11-12,17H,1-4H2,(H,16,18)/t11-,12-/m1/s1. The molecule has 2 N–H and O–H groups in total. The van der Waals surface area contributed by atoms with Crippen LogP contribution in [0.5, 0.6) is 0 Å². The molecule has 0 radical (unpaired) electrons. The quantitative estimate of drug-likeness (QED) is 0.874. The number of benzene rings is 1. The second-order valence-electron chi connectivity index (χ2n) is 4.56. The molecule has 2 rings (SSSR count). The molecule has 1 aromatic rings. The van der Waals surface area contributed by atoms with Crippen molar-refractivity contribution in [1.29, 1.82) is 0 Å². The Bertz CT molecular complexity index is 453. The molecule has 1 aliphatic carbocycles. The van der Waals surface area contributed by atoms with Crippen LogP contribution in [-0.4, -0.2) is 23.2 Å². The monoisotopic (exact) mass is 331 g/mol. The van der Waals surface area contributed by atoms with Crippen molar-refractivity contribution in [2.24, 2.45) is 0 Å². The number of hydrogen-bond donors (Lipinski definition) is 2. The van der Waals surface area contributed by atoms with Gasteiger partial charge in [0.05, 0.1) is 17.7 Å². The molecular formula is C13H15BrClNO2. The molecule has 0 unspecified atom stereocenters. The van der Waals surface area contributed by atoms with Crippen LogP contribution in [0.25, 0.3) is 0 Å². The van der Waals surface area contributed by atoms with Gasteiger partial charge in [0.1, 0.15) is 0 Å². The predicted molar refractivity (Wildman–Crippen MR) is 74.9 cm³/mol. The number of amides is 1. The Hall–Kier alpha value is -0.580. The van der Waals surface area contributed by atoms with Crippen LogP contribution in [0.15, 0.2) is 22.7 Å². The zero-order valence-electron chi connectivity index (χ0n) is 9.83. The summed E-state index contributed by atoms with van der Waals surface area (Å²) in [5.74, 6) is -0.199. The van der Waals surface area contributed by atoms with Crippen LogP contribution in [0.3, 0.4) is 0 Å². The lowest BCUT2D eigenvalue weighted by Gasteiger charge is -2.28. The van der Waals surface area contributed by atoms with Crippen molar-refractivity contribution in [3.8, 4) is 0 Å². The first-order valence-electron chi connectivity index (χ1n) is 6.02. The first-order chi connectivity index (χ1) is 8.58. The van der Waals surface area contributed by atoms with Crippen molar-refractivity contribution >= 4 is 33.4 Å². The van der Waals surface area contributed by atoms with E-state index in [2.05, 4.69) is 21.2 Å². The summed E-state index contributed by atoms with van der Waals surface area (Å²) in [5.41, 5.74) is 0.500. The van der Waals surface area contributed by atoms with E-state index in [4.69, 9.17) is 11.6 Å². The average Bonchev–Trinajstić information content (AvgIpc) is 2.35. The highest BCUT2D eigenvalue weighted by atomic mass is 79.9. The molecule has 3 nitrogen and oxygen atoms in total. The summed E-state index contributed by atoms with van der Waals surface area (Å²) in [6.45, 7) is 0. The maximum atomic E-state index is 12.1. The second kappa shape index (κ2) is 6.04. The summed E-state index contributed by atoms with van der Waals surface area (Å²) < 4.78 is 0.703. The molecule has 18 heavy (non-hydrogen) atoms. The number of aliphatic hydroxyl groups is 1. The van der Waals surface area contributed by atoms with E-state index in [0.29, 0.717) is 15.1 Å². The van der Waals surface area contributed by atoms with E-state index in [0.717, 1.165) is 25.7 Å². The van der Waals surface area contributed by atoms with Crippen LogP contribution in [-0.2, 0) is 0 Å². The van der Waals surface area contributed by atoms with Gasteiger partial charge in [-0.1, -0.05) is 24.4 Å². The van der Waals surface area contributed by atoms with Gasteiger partial charge in [-0.2, -0.15) is 0 Å². The van der Waals surface area contributed by atoms with Gasteiger partial charge in [-0.25, -0.2) is 0 Å². The van der Waals surface area contributed by atoms with E-state index in [1.807, 2.05) is 0 Å². The summed E-state index contributed by atoms with van der Waals surface area (Å²) in [5, 5.41) is 13.2. The highest BCUT2D eigenvalue weighted by Crippen LogP contribution is 2.23. The highest BCUT2D eigenvalue weighted by Gasteiger charge is 2.25. The summed E-state index contributed by atoms with van der Waals surface area (Å²) >= 11 is 9.21. The topological polar surface area (TPSA) is 49.3 Å². The molecule has 0 aliphatic heterocycles. The molecule has 0 spiro atoms. The number of halogens is 2. The van der Waals surface area contributed by atoms with Gasteiger partial charge in [0.25, 0.3) is 5.91 Å². The minimum absolute atomic E-state index is 0.155. The Balaban J connectivity index is 2.09. The number of rotatable bonds is 2. The van der Waals surface area contributed by atoms with Crippen molar-refractivity contribution in [1.82, 2.24) is 5.32 Å². The van der Waals surface area contributed by atoms with Gasteiger partial charge in [-0.3, -0.25) is 4.79 Å². The third kappa shape index (κ3) is 3.25. The lowest BCUT2D eigenvalue weighted by molar-refractivity contribution is 0.0716. The number of hydrogen-bond acceptors (Lipinski definition) is 2. The molecule has 1 amide bonds. The summed E-state index contributed by atoms with van der Waals surface area (Å²) in [7, 11) is 0. The molecule has 5 heteroatoms. The fourth-order valence-corrected chi connectivity index (χ4v) is 2.80. The minimum Gasteiger partial charge on any atom is -0.391 e. The van der Waals surface area contributed by atoms with Gasteiger partial charge >= 0.3 is 0 Å². The van der Waals surface area contributed by atoms with Crippen LogP contribution in [0, 0.1) is 0 Å². The molecule has 0 aromatic heterocycles. The van der Waals surface area contributed by atoms with Crippen molar-refractivity contribution in [3.63, 3.8) is 0 Å². The fraction of sp³-hybridized carbons (Fsp3) is 0.462. The zero-order valence-corrected chi connectivity index (χ0v) is 12.2. The fourth-order valence-electron chi connectivity index (χ4n) is 2.20. The largest absolute Gasteiger partial charge is 0.391 e. The zero-order chi connectivity index (χ0) is 13.1. The molecule has 98 valence electrons. The van der Waals surface area contributed by atoms with Gasteiger partial charge in [0.2, 0.25) is 0 Å². The van der Waals surface area contributed by atoms with Crippen LogP contribution >= 0.6 is 27.5 Å². The maximum absolute atomic E-state index is 12.1. The SMILES string of the molecule is O=C(N[C@@H]1CCCC[C@H]1O)c1cc(Cl)ccc1Br. The third-order valence-electron chi connectivity index (χ3n) is 3.22.